The Morgan fingerprint density at radius 2 is 2.33 bits per heavy atom. The molecule has 2 aromatic heterocycles. The fraction of sp³-hybridized carbons (Fsp3) is 0.273. The van der Waals surface area contributed by atoms with Crippen LogP contribution >= 0.6 is 0 Å². The fourth-order valence-corrected chi connectivity index (χ4v) is 1.52. The van der Waals surface area contributed by atoms with E-state index >= 15 is 0 Å². The standard InChI is InChI=1S/C11H11N3O/c1-3-15-11-9(7-12)10-6-4-5-8(2)14(10)13-11/h4-6H,3H2,1-2H3. The molecule has 0 saturated heterocycles. The lowest BCUT2D eigenvalue weighted by Gasteiger charge is -1.96. The van der Waals surface area contributed by atoms with E-state index in [9.17, 15) is 0 Å². The van der Waals surface area contributed by atoms with Gasteiger partial charge in [0.25, 0.3) is 5.88 Å². The molecule has 4 heteroatoms. The molecule has 0 aliphatic heterocycles. The van der Waals surface area contributed by atoms with Gasteiger partial charge in [-0.15, -0.1) is 5.10 Å². The van der Waals surface area contributed by atoms with Gasteiger partial charge in [-0.3, -0.25) is 0 Å². The van der Waals surface area contributed by atoms with Crippen LogP contribution in [0.1, 0.15) is 18.2 Å². The van der Waals surface area contributed by atoms with Gasteiger partial charge in [0, 0.05) is 5.69 Å². The highest BCUT2D eigenvalue weighted by molar-refractivity contribution is 5.65. The second-order valence-electron chi connectivity index (χ2n) is 3.19. The predicted octanol–water partition coefficient (Wildman–Crippen LogP) is 1.91. The van der Waals surface area contributed by atoms with E-state index < -0.39 is 0 Å². The molecule has 0 radical (unpaired) electrons. The SMILES string of the molecule is CCOc1nn2c(C)cccc2c1C#N. The summed E-state index contributed by atoms with van der Waals surface area (Å²) in [6.07, 6.45) is 0. The minimum atomic E-state index is 0.411. The van der Waals surface area contributed by atoms with Crippen LogP contribution in [0.5, 0.6) is 5.88 Å². The van der Waals surface area contributed by atoms with E-state index in [0.717, 1.165) is 11.2 Å². The molecule has 0 aromatic carbocycles. The molecule has 4 nitrogen and oxygen atoms in total. The summed E-state index contributed by atoms with van der Waals surface area (Å²) in [6, 6.07) is 7.83. The van der Waals surface area contributed by atoms with Crippen molar-refractivity contribution >= 4 is 5.52 Å². The molecule has 0 unspecified atom stereocenters. The zero-order valence-corrected chi connectivity index (χ0v) is 8.69. The van der Waals surface area contributed by atoms with Gasteiger partial charge < -0.3 is 4.74 Å². The van der Waals surface area contributed by atoms with Gasteiger partial charge >= 0.3 is 0 Å². The van der Waals surface area contributed by atoms with Crippen LogP contribution in [0.2, 0.25) is 0 Å². The summed E-state index contributed by atoms with van der Waals surface area (Å²) in [4.78, 5) is 0. The monoisotopic (exact) mass is 201 g/mol. The molecule has 0 atom stereocenters. The van der Waals surface area contributed by atoms with Crippen LogP contribution in [0.15, 0.2) is 18.2 Å². The number of nitriles is 1. The molecule has 2 aromatic rings. The smallest absolute Gasteiger partial charge is 0.252 e. The van der Waals surface area contributed by atoms with E-state index in [1.807, 2.05) is 32.0 Å². The average molecular weight is 201 g/mol. The van der Waals surface area contributed by atoms with E-state index in [-0.39, 0.29) is 0 Å². The molecule has 0 amide bonds. The fourth-order valence-electron chi connectivity index (χ4n) is 1.52. The Balaban J connectivity index is 2.74. The van der Waals surface area contributed by atoms with Crippen molar-refractivity contribution in [3.8, 4) is 11.9 Å². The first-order valence-corrected chi connectivity index (χ1v) is 4.79. The van der Waals surface area contributed by atoms with E-state index in [4.69, 9.17) is 10.00 Å². The number of aromatic nitrogens is 2. The average Bonchev–Trinajstić information content (AvgIpc) is 2.58. The summed E-state index contributed by atoms with van der Waals surface area (Å²) in [5.74, 6) is 0.411. The van der Waals surface area contributed by atoms with Crippen LogP contribution in [0.25, 0.3) is 5.52 Å². The summed E-state index contributed by atoms with van der Waals surface area (Å²) in [6.45, 7) is 4.33. The van der Waals surface area contributed by atoms with E-state index in [0.29, 0.717) is 18.1 Å². The van der Waals surface area contributed by atoms with Crippen LogP contribution in [-0.4, -0.2) is 16.2 Å². The molecule has 0 bridgehead atoms. The van der Waals surface area contributed by atoms with E-state index in [2.05, 4.69) is 11.2 Å². The summed E-state index contributed by atoms with van der Waals surface area (Å²) < 4.78 is 7.04. The first kappa shape index (κ1) is 9.53. The van der Waals surface area contributed by atoms with Crippen LogP contribution in [0, 0.1) is 18.3 Å². The molecule has 0 N–H and O–H groups in total. The molecule has 0 spiro atoms. The molecule has 15 heavy (non-hydrogen) atoms. The highest BCUT2D eigenvalue weighted by atomic mass is 16.5. The topological polar surface area (TPSA) is 50.3 Å². The lowest BCUT2D eigenvalue weighted by Crippen LogP contribution is -1.95. The third kappa shape index (κ3) is 1.42. The first-order valence-electron chi connectivity index (χ1n) is 4.79. The molecule has 2 heterocycles. The van der Waals surface area contributed by atoms with Crippen LogP contribution in [0.3, 0.4) is 0 Å². The Morgan fingerprint density at radius 3 is 3.00 bits per heavy atom. The summed E-state index contributed by atoms with van der Waals surface area (Å²) in [5.41, 5.74) is 2.27. The van der Waals surface area contributed by atoms with Gasteiger partial charge in [-0.2, -0.15) is 5.26 Å². The van der Waals surface area contributed by atoms with Gasteiger partial charge in [0.05, 0.1) is 12.1 Å². The predicted molar refractivity (Wildman–Crippen MR) is 55.8 cm³/mol. The van der Waals surface area contributed by atoms with Crippen molar-refractivity contribution in [3.05, 3.63) is 29.5 Å². The maximum Gasteiger partial charge on any atom is 0.252 e. The molecule has 2 rings (SSSR count). The Morgan fingerprint density at radius 1 is 1.53 bits per heavy atom. The zero-order chi connectivity index (χ0) is 10.8. The minimum Gasteiger partial charge on any atom is -0.476 e. The summed E-state index contributed by atoms with van der Waals surface area (Å²) in [7, 11) is 0. The lowest BCUT2D eigenvalue weighted by molar-refractivity contribution is 0.324. The Hall–Kier alpha value is -2.02. The lowest BCUT2D eigenvalue weighted by atomic mass is 10.2. The van der Waals surface area contributed by atoms with Crippen LogP contribution < -0.4 is 4.74 Å². The highest BCUT2D eigenvalue weighted by Crippen LogP contribution is 2.22. The second kappa shape index (κ2) is 3.62. The van der Waals surface area contributed by atoms with E-state index in [1.165, 1.54) is 0 Å². The number of ether oxygens (including phenoxy) is 1. The van der Waals surface area contributed by atoms with E-state index in [1.54, 1.807) is 4.52 Å². The molecule has 0 aliphatic rings. The molecule has 0 saturated carbocycles. The maximum atomic E-state index is 9.04. The van der Waals surface area contributed by atoms with Gasteiger partial charge in [-0.25, -0.2) is 4.52 Å². The van der Waals surface area contributed by atoms with Crippen LogP contribution in [0.4, 0.5) is 0 Å². The quantitative estimate of drug-likeness (QED) is 0.745. The van der Waals surface area contributed by atoms with Gasteiger partial charge in [-0.1, -0.05) is 6.07 Å². The van der Waals surface area contributed by atoms with Gasteiger partial charge in [-0.05, 0) is 26.0 Å². The Labute approximate surface area is 87.7 Å². The largest absolute Gasteiger partial charge is 0.476 e. The van der Waals surface area contributed by atoms with Crippen molar-refractivity contribution < 1.29 is 4.74 Å². The highest BCUT2D eigenvalue weighted by Gasteiger charge is 2.13. The van der Waals surface area contributed by atoms with Gasteiger partial charge in [0.15, 0.2) is 0 Å². The van der Waals surface area contributed by atoms with Crippen molar-refractivity contribution in [3.63, 3.8) is 0 Å². The summed E-state index contributed by atoms with van der Waals surface area (Å²) >= 11 is 0. The first-order chi connectivity index (χ1) is 7.27. The maximum absolute atomic E-state index is 9.04. The summed E-state index contributed by atoms with van der Waals surface area (Å²) in [5, 5.41) is 13.3. The third-order valence-electron chi connectivity index (χ3n) is 2.21. The normalized spacial score (nSPS) is 10.2. The van der Waals surface area contributed by atoms with Crippen molar-refractivity contribution in [2.75, 3.05) is 6.61 Å². The minimum absolute atomic E-state index is 0.411. The number of rotatable bonds is 2. The number of hydrogen-bond donors (Lipinski definition) is 0. The molecule has 0 fully saturated rings. The number of aryl methyl sites for hydroxylation is 1. The van der Waals surface area contributed by atoms with Crippen molar-refractivity contribution in [1.82, 2.24) is 9.61 Å². The van der Waals surface area contributed by atoms with Crippen molar-refractivity contribution in [2.45, 2.75) is 13.8 Å². The van der Waals surface area contributed by atoms with Crippen LogP contribution in [-0.2, 0) is 0 Å². The molecular formula is C11H11N3O. The number of fused-ring (bicyclic) bond motifs is 1. The van der Waals surface area contributed by atoms with Gasteiger partial charge in [0.1, 0.15) is 11.6 Å². The molecular weight excluding hydrogens is 190 g/mol. The van der Waals surface area contributed by atoms with Crippen molar-refractivity contribution in [1.29, 1.82) is 5.26 Å². The third-order valence-corrected chi connectivity index (χ3v) is 2.21. The number of hydrogen-bond acceptors (Lipinski definition) is 3. The molecule has 76 valence electrons. The van der Waals surface area contributed by atoms with Gasteiger partial charge in [0.2, 0.25) is 0 Å². The number of pyridine rings is 1. The zero-order valence-electron chi connectivity index (χ0n) is 8.69. The van der Waals surface area contributed by atoms with Crippen molar-refractivity contribution in [2.24, 2.45) is 0 Å². The second-order valence-corrected chi connectivity index (χ2v) is 3.19. The Bertz CT molecular complexity index is 536. The number of nitrogens with zero attached hydrogens (tertiary/aromatic N) is 3. The molecule has 0 aliphatic carbocycles. The Kier molecular flexibility index (Phi) is 2.30.